The number of thiophene rings is 1. The zero-order valence-corrected chi connectivity index (χ0v) is 14.7. The summed E-state index contributed by atoms with van der Waals surface area (Å²) in [6.07, 6.45) is -2.70. The molecule has 0 aliphatic carbocycles. The molecule has 0 saturated carbocycles. The van der Waals surface area contributed by atoms with Gasteiger partial charge in [0.1, 0.15) is 0 Å². The van der Waals surface area contributed by atoms with Crippen molar-refractivity contribution in [2.45, 2.75) is 25.1 Å². The molecule has 1 N–H and O–H groups in total. The van der Waals surface area contributed by atoms with Gasteiger partial charge in [0.15, 0.2) is 0 Å². The van der Waals surface area contributed by atoms with E-state index in [0.29, 0.717) is 6.54 Å². The summed E-state index contributed by atoms with van der Waals surface area (Å²) >= 11 is 7.21. The monoisotopic (exact) mass is 388 g/mol. The molecular weight excluding hydrogens is 373 g/mol. The van der Waals surface area contributed by atoms with Crippen molar-refractivity contribution in [2.75, 3.05) is 18.4 Å². The number of carbonyl (C=O) groups is 1. The molecule has 8 heteroatoms. The Morgan fingerprint density at radius 2 is 2.16 bits per heavy atom. The number of halogens is 4. The first-order chi connectivity index (χ1) is 11.9. The van der Waals surface area contributed by atoms with Gasteiger partial charge in [-0.05, 0) is 42.5 Å². The normalized spacial score (nSPS) is 17.8. The largest absolute Gasteiger partial charge is 0.417 e. The van der Waals surface area contributed by atoms with Crippen LogP contribution < -0.4 is 5.32 Å². The summed E-state index contributed by atoms with van der Waals surface area (Å²) in [4.78, 5) is 15.4. The van der Waals surface area contributed by atoms with Crippen LogP contribution in [-0.4, -0.2) is 23.9 Å². The van der Waals surface area contributed by atoms with E-state index in [1.54, 1.807) is 16.2 Å². The molecule has 0 bridgehead atoms. The van der Waals surface area contributed by atoms with Crippen molar-refractivity contribution >= 4 is 34.5 Å². The lowest BCUT2D eigenvalue weighted by Crippen LogP contribution is -2.34. The standard InChI is InChI=1S/C17H16ClF3N2OS/c18-13-6-5-11(9-12(13)17(19,20)21)22-10-16(24)23-7-1-3-14(23)15-4-2-8-25-15/h2,4-6,8-9,14,22H,1,3,7,10H2/t14-/m0/s1. The van der Waals surface area contributed by atoms with Crippen molar-refractivity contribution < 1.29 is 18.0 Å². The van der Waals surface area contributed by atoms with E-state index >= 15 is 0 Å². The average Bonchev–Trinajstić information content (AvgIpc) is 3.23. The van der Waals surface area contributed by atoms with Gasteiger partial charge in [0.2, 0.25) is 5.91 Å². The Bertz CT molecular complexity index is 749. The number of nitrogens with one attached hydrogen (secondary N) is 1. The Hall–Kier alpha value is -1.73. The van der Waals surface area contributed by atoms with Gasteiger partial charge in [0.25, 0.3) is 0 Å². The molecule has 0 spiro atoms. The molecule has 0 unspecified atom stereocenters. The number of nitrogens with zero attached hydrogens (tertiary/aromatic N) is 1. The summed E-state index contributed by atoms with van der Waals surface area (Å²) in [5.74, 6) is -0.126. The predicted molar refractivity (Wildman–Crippen MR) is 93.0 cm³/mol. The second-order valence-corrected chi connectivity index (χ2v) is 7.19. The summed E-state index contributed by atoms with van der Waals surface area (Å²) in [7, 11) is 0. The molecule has 3 rings (SSSR count). The van der Waals surface area contributed by atoms with Crippen LogP contribution in [0.3, 0.4) is 0 Å². The van der Waals surface area contributed by atoms with E-state index in [1.165, 1.54) is 12.1 Å². The summed E-state index contributed by atoms with van der Waals surface area (Å²) < 4.78 is 38.7. The van der Waals surface area contributed by atoms with Crippen molar-refractivity contribution in [1.29, 1.82) is 0 Å². The second-order valence-electron chi connectivity index (χ2n) is 5.81. The fourth-order valence-corrected chi connectivity index (χ4v) is 4.07. The average molecular weight is 389 g/mol. The number of alkyl halides is 3. The highest BCUT2D eigenvalue weighted by Gasteiger charge is 2.34. The van der Waals surface area contributed by atoms with Gasteiger partial charge in [-0.2, -0.15) is 13.2 Å². The van der Waals surface area contributed by atoms with Gasteiger partial charge in [-0.25, -0.2) is 0 Å². The van der Waals surface area contributed by atoms with Gasteiger partial charge in [0.05, 0.1) is 23.2 Å². The van der Waals surface area contributed by atoms with Crippen molar-refractivity contribution in [2.24, 2.45) is 0 Å². The number of likely N-dealkylation sites (tertiary alicyclic amines) is 1. The van der Waals surface area contributed by atoms with Gasteiger partial charge in [-0.1, -0.05) is 17.7 Å². The number of carbonyl (C=O) groups excluding carboxylic acids is 1. The molecule has 3 nitrogen and oxygen atoms in total. The summed E-state index contributed by atoms with van der Waals surface area (Å²) in [5.41, 5.74) is -0.693. The predicted octanol–water partition coefficient (Wildman–Crippen LogP) is 5.20. The lowest BCUT2D eigenvalue weighted by atomic mass is 10.2. The second kappa shape index (κ2) is 7.25. The van der Waals surface area contributed by atoms with E-state index in [-0.39, 0.29) is 29.2 Å². The minimum Gasteiger partial charge on any atom is -0.376 e. The Balaban J connectivity index is 1.66. The fraction of sp³-hybridized carbons (Fsp3) is 0.353. The molecule has 25 heavy (non-hydrogen) atoms. The van der Waals surface area contributed by atoms with Crippen LogP contribution in [0.2, 0.25) is 5.02 Å². The molecule has 0 radical (unpaired) electrons. The molecule has 134 valence electrons. The molecule has 2 aromatic rings. The molecule has 1 fully saturated rings. The van der Waals surface area contributed by atoms with Crippen molar-refractivity contribution in [3.8, 4) is 0 Å². The summed E-state index contributed by atoms with van der Waals surface area (Å²) in [5, 5.41) is 4.39. The molecule has 1 aromatic carbocycles. The first kappa shape index (κ1) is 18.1. The highest BCUT2D eigenvalue weighted by molar-refractivity contribution is 7.10. The van der Waals surface area contributed by atoms with Crippen molar-refractivity contribution in [1.82, 2.24) is 4.90 Å². The van der Waals surface area contributed by atoms with E-state index < -0.39 is 11.7 Å². The molecule has 1 atom stereocenters. The summed E-state index contributed by atoms with van der Waals surface area (Å²) in [6, 6.07) is 7.56. The quantitative estimate of drug-likeness (QED) is 0.781. The molecule has 1 aliphatic rings. The zero-order chi connectivity index (χ0) is 18.0. The van der Waals surface area contributed by atoms with Crippen molar-refractivity contribution in [3.05, 3.63) is 51.2 Å². The Kier molecular flexibility index (Phi) is 5.24. The van der Waals surface area contributed by atoms with Crippen LogP contribution in [0.25, 0.3) is 0 Å². The van der Waals surface area contributed by atoms with Crippen LogP contribution in [0, 0.1) is 0 Å². The fourth-order valence-electron chi connectivity index (χ4n) is 2.97. The third kappa shape index (κ3) is 4.10. The lowest BCUT2D eigenvalue weighted by molar-refractivity contribution is -0.137. The van der Waals surface area contributed by atoms with Gasteiger partial charge >= 0.3 is 6.18 Å². The highest BCUT2D eigenvalue weighted by atomic mass is 35.5. The van der Waals surface area contributed by atoms with Crippen LogP contribution in [0.4, 0.5) is 18.9 Å². The maximum Gasteiger partial charge on any atom is 0.417 e. The first-order valence-corrected chi connectivity index (χ1v) is 9.05. The first-order valence-electron chi connectivity index (χ1n) is 7.80. The number of hydrogen-bond donors (Lipinski definition) is 1. The number of benzene rings is 1. The minimum atomic E-state index is -4.53. The number of hydrogen-bond acceptors (Lipinski definition) is 3. The van der Waals surface area contributed by atoms with E-state index in [1.807, 2.05) is 17.5 Å². The van der Waals surface area contributed by atoms with Crippen LogP contribution in [0.5, 0.6) is 0 Å². The van der Waals surface area contributed by atoms with Crippen LogP contribution in [0.15, 0.2) is 35.7 Å². The molecule has 1 amide bonds. The van der Waals surface area contributed by atoms with Crippen molar-refractivity contribution in [3.63, 3.8) is 0 Å². The SMILES string of the molecule is O=C(CNc1ccc(Cl)c(C(F)(F)F)c1)N1CCC[C@H]1c1cccs1. The zero-order valence-electron chi connectivity index (χ0n) is 13.1. The van der Waals surface area contributed by atoms with E-state index in [4.69, 9.17) is 11.6 Å². The maximum absolute atomic E-state index is 12.9. The van der Waals surface area contributed by atoms with Gasteiger partial charge in [-0.15, -0.1) is 11.3 Å². The Morgan fingerprint density at radius 1 is 1.36 bits per heavy atom. The van der Waals surface area contributed by atoms with E-state index in [2.05, 4.69) is 5.32 Å². The number of amides is 1. The molecule has 2 heterocycles. The maximum atomic E-state index is 12.9. The third-order valence-corrected chi connectivity index (χ3v) is 5.46. The van der Waals surface area contributed by atoms with Crippen LogP contribution in [-0.2, 0) is 11.0 Å². The third-order valence-electron chi connectivity index (χ3n) is 4.16. The molecular formula is C17H16ClF3N2OS. The molecule has 1 aliphatic heterocycles. The van der Waals surface area contributed by atoms with Crippen LogP contribution >= 0.6 is 22.9 Å². The Labute approximate surface area is 152 Å². The number of rotatable bonds is 4. The van der Waals surface area contributed by atoms with Gasteiger partial charge < -0.3 is 10.2 Å². The summed E-state index contributed by atoms with van der Waals surface area (Å²) in [6.45, 7) is 0.609. The van der Waals surface area contributed by atoms with Gasteiger partial charge in [-0.3, -0.25) is 4.79 Å². The number of anilines is 1. The highest BCUT2D eigenvalue weighted by Crippen LogP contribution is 2.37. The van der Waals surface area contributed by atoms with E-state index in [0.717, 1.165) is 23.8 Å². The molecule has 1 saturated heterocycles. The van der Waals surface area contributed by atoms with Crippen LogP contribution in [0.1, 0.15) is 29.3 Å². The molecule has 1 aromatic heterocycles. The van der Waals surface area contributed by atoms with E-state index in [9.17, 15) is 18.0 Å². The minimum absolute atomic E-state index is 0.0548. The lowest BCUT2D eigenvalue weighted by Gasteiger charge is -2.24. The Morgan fingerprint density at radius 3 is 2.84 bits per heavy atom. The van der Waals surface area contributed by atoms with Gasteiger partial charge in [0, 0.05) is 17.1 Å². The topological polar surface area (TPSA) is 32.3 Å². The smallest absolute Gasteiger partial charge is 0.376 e.